The van der Waals surface area contributed by atoms with Crippen LogP contribution in [-0.2, 0) is 15.8 Å². The summed E-state index contributed by atoms with van der Waals surface area (Å²) in [6.45, 7) is 3.81. The molecule has 1 aromatic carbocycles. The van der Waals surface area contributed by atoms with Gasteiger partial charge < -0.3 is 9.80 Å². The van der Waals surface area contributed by atoms with Crippen LogP contribution in [0, 0.1) is 5.82 Å². The summed E-state index contributed by atoms with van der Waals surface area (Å²) in [5, 5.41) is 0. The second kappa shape index (κ2) is 8.67. The lowest BCUT2D eigenvalue weighted by atomic mass is 9.85. The number of nitrogens with zero attached hydrogens (tertiary/aromatic N) is 3. The molecule has 3 aliphatic rings. The van der Waals surface area contributed by atoms with Gasteiger partial charge >= 0.3 is 6.18 Å². The summed E-state index contributed by atoms with van der Waals surface area (Å²) < 4.78 is 54.1. The highest BCUT2D eigenvalue weighted by Gasteiger charge is 2.40. The monoisotopic (exact) mass is 451 g/mol. The standard InChI is InChI=1S/C23H25F4N3O2/c1-2-19(31)30-11-8-15-12-28-21(17(15)13-30)22(32)29-9-6-14(7-10-29)16-4-3-5-18(24)20(16)23(25,26)27/h3-5,14H,2,6-13H2,1H3. The highest BCUT2D eigenvalue weighted by atomic mass is 19.4. The van der Waals surface area contributed by atoms with Crippen molar-refractivity contribution in [1.29, 1.82) is 0 Å². The van der Waals surface area contributed by atoms with E-state index >= 15 is 0 Å². The topological polar surface area (TPSA) is 53.0 Å². The molecule has 0 bridgehead atoms. The predicted octanol–water partition coefficient (Wildman–Crippen LogP) is 3.94. The number of hydrogen-bond donors (Lipinski definition) is 0. The Morgan fingerprint density at radius 1 is 1.12 bits per heavy atom. The largest absolute Gasteiger partial charge is 0.419 e. The highest BCUT2D eigenvalue weighted by molar-refractivity contribution is 6.46. The van der Waals surface area contributed by atoms with Gasteiger partial charge in [-0.1, -0.05) is 19.1 Å². The summed E-state index contributed by atoms with van der Waals surface area (Å²) in [4.78, 5) is 33.0. The molecule has 0 radical (unpaired) electrons. The van der Waals surface area contributed by atoms with E-state index in [4.69, 9.17) is 0 Å². The third-order valence-corrected chi connectivity index (χ3v) is 6.58. The average molecular weight is 451 g/mol. The Bertz CT molecular complexity index is 991. The zero-order chi connectivity index (χ0) is 23.0. The number of carbonyl (C=O) groups excluding carboxylic acids is 2. The van der Waals surface area contributed by atoms with Gasteiger partial charge in [-0.2, -0.15) is 13.2 Å². The number of amides is 2. The Morgan fingerprint density at radius 3 is 2.50 bits per heavy atom. The van der Waals surface area contributed by atoms with Crippen molar-refractivity contribution in [1.82, 2.24) is 9.80 Å². The Labute approximate surface area is 183 Å². The minimum absolute atomic E-state index is 0.0339. The fourth-order valence-corrected chi connectivity index (χ4v) is 4.85. The molecule has 5 nitrogen and oxygen atoms in total. The molecule has 0 saturated carbocycles. The summed E-state index contributed by atoms with van der Waals surface area (Å²) in [5.74, 6) is -1.95. The maximum Gasteiger partial charge on any atom is 0.419 e. The first kappa shape index (κ1) is 22.5. The Hall–Kier alpha value is -2.71. The third-order valence-electron chi connectivity index (χ3n) is 6.58. The van der Waals surface area contributed by atoms with Gasteiger partial charge in [0.05, 0.1) is 12.1 Å². The summed E-state index contributed by atoms with van der Waals surface area (Å²) in [5.41, 5.74) is 1.01. The zero-order valence-corrected chi connectivity index (χ0v) is 17.8. The van der Waals surface area contributed by atoms with Crippen molar-refractivity contribution in [2.75, 3.05) is 32.7 Å². The molecule has 0 N–H and O–H groups in total. The van der Waals surface area contributed by atoms with Crippen LogP contribution in [0.3, 0.4) is 0 Å². The molecule has 0 atom stereocenters. The van der Waals surface area contributed by atoms with Gasteiger partial charge in [-0.3, -0.25) is 14.6 Å². The molecular formula is C23H25F4N3O2. The maximum absolute atomic E-state index is 13.9. The quantitative estimate of drug-likeness (QED) is 0.654. The van der Waals surface area contributed by atoms with E-state index in [1.165, 1.54) is 12.1 Å². The van der Waals surface area contributed by atoms with Crippen molar-refractivity contribution in [3.8, 4) is 0 Å². The molecule has 4 rings (SSSR count). The molecule has 1 fully saturated rings. The van der Waals surface area contributed by atoms with Crippen molar-refractivity contribution < 1.29 is 27.2 Å². The number of carbonyl (C=O) groups is 2. The fraction of sp³-hybridized carbons (Fsp3) is 0.522. The van der Waals surface area contributed by atoms with Crippen LogP contribution in [-0.4, -0.2) is 60.0 Å². The van der Waals surface area contributed by atoms with Gasteiger partial charge in [-0.05, 0) is 42.4 Å². The van der Waals surface area contributed by atoms with Crippen molar-refractivity contribution in [2.24, 2.45) is 4.99 Å². The molecule has 3 aliphatic heterocycles. The lowest BCUT2D eigenvalue weighted by Crippen LogP contribution is -2.44. The van der Waals surface area contributed by atoms with Crippen LogP contribution in [0.5, 0.6) is 0 Å². The number of benzene rings is 1. The summed E-state index contributed by atoms with van der Waals surface area (Å²) in [6.07, 6.45) is -3.03. The Balaban J connectivity index is 1.45. The number of likely N-dealkylation sites (tertiary alicyclic amines) is 1. The summed E-state index contributed by atoms with van der Waals surface area (Å²) in [7, 11) is 0. The molecule has 0 aromatic heterocycles. The summed E-state index contributed by atoms with van der Waals surface area (Å²) in [6, 6.07) is 3.45. The van der Waals surface area contributed by atoms with E-state index in [2.05, 4.69) is 4.99 Å². The first-order chi connectivity index (χ1) is 15.2. The number of piperidine rings is 1. The average Bonchev–Trinajstić information content (AvgIpc) is 3.20. The second-order valence-corrected chi connectivity index (χ2v) is 8.43. The van der Waals surface area contributed by atoms with Crippen LogP contribution in [0.15, 0.2) is 34.3 Å². The predicted molar refractivity (Wildman–Crippen MR) is 111 cm³/mol. The molecular weight excluding hydrogens is 426 g/mol. The van der Waals surface area contributed by atoms with Crippen LogP contribution < -0.4 is 0 Å². The number of hydrogen-bond acceptors (Lipinski definition) is 3. The van der Waals surface area contributed by atoms with Gasteiger partial charge in [-0.25, -0.2) is 4.39 Å². The van der Waals surface area contributed by atoms with Crippen LogP contribution >= 0.6 is 0 Å². The lowest BCUT2D eigenvalue weighted by molar-refractivity contribution is -0.141. The molecule has 3 heterocycles. The number of halogens is 4. The van der Waals surface area contributed by atoms with E-state index in [0.29, 0.717) is 51.0 Å². The van der Waals surface area contributed by atoms with Crippen molar-refractivity contribution in [3.63, 3.8) is 0 Å². The fourth-order valence-electron chi connectivity index (χ4n) is 4.85. The second-order valence-electron chi connectivity index (χ2n) is 8.43. The Morgan fingerprint density at radius 2 is 1.84 bits per heavy atom. The summed E-state index contributed by atoms with van der Waals surface area (Å²) >= 11 is 0. The van der Waals surface area contributed by atoms with Gasteiger partial charge in [0.1, 0.15) is 11.5 Å². The molecule has 9 heteroatoms. The van der Waals surface area contributed by atoms with E-state index in [-0.39, 0.29) is 30.5 Å². The van der Waals surface area contributed by atoms with Crippen LogP contribution in [0.2, 0.25) is 0 Å². The van der Waals surface area contributed by atoms with Gasteiger partial charge in [0.25, 0.3) is 5.91 Å². The van der Waals surface area contributed by atoms with Crippen molar-refractivity contribution in [2.45, 2.75) is 44.7 Å². The van der Waals surface area contributed by atoms with E-state index in [9.17, 15) is 27.2 Å². The van der Waals surface area contributed by atoms with Gasteiger partial charge in [0.15, 0.2) is 0 Å². The molecule has 32 heavy (non-hydrogen) atoms. The molecule has 0 aliphatic carbocycles. The van der Waals surface area contributed by atoms with Crippen LogP contribution in [0.4, 0.5) is 17.6 Å². The van der Waals surface area contributed by atoms with Gasteiger partial charge in [-0.15, -0.1) is 0 Å². The minimum Gasteiger partial charge on any atom is -0.338 e. The number of aliphatic imine (C=N–C) groups is 1. The first-order valence-electron chi connectivity index (χ1n) is 10.9. The van der Waals surface area contributed by atoms with Crippen LogP contribution in [0.1, 0.15) is 49.7 Å². The van der Waals surface area contributed by atoms with E-state index in [1.54, 1.807) is 16.7 Å². The molecule has 0 spiro atoms. The normalized spacial score (nSPS) is 19.8. The van der Waals surface area contributed by atoms with Crippen molar-refractivity contribution >= 4 is 17.5 Å². The SMILES string of the molecule is CCC(=O)N1CCC2=C(C1)C(C(=O)N1CCC(c3cccc(F)c3C(F)(F)F)CC1)=NC2. The van der Waals surface area contributed by atoms with E-state index in [0.717, 1.165) is 17.2 Å². The first-order valence-corrected chi connectivity index (χ1v) is 10.9. The highest BCUT2D eigenvalue weighted by Crippen LogP contribution is 2.40. The molecule has 1 aromatic rings. The zero-order valence-electron chi connectivity index (χ0n) is 17.8. The number of alkyl halides is 3. The van der Waals surface area contributed by atoms with Crippen molar-refractivity contribution in [3.05, 3.63) is 46.3 Å². The van der Waals surface area contributed by atoms with E-state index in [1.807, 2.05) is 0 Å². The minimum atomic E-state index is -4.77. The third kappa shape index (κ3) is 4.17. The molecule has 0 unspecified atom stereocenters. The number of rotatable bonds is 3. The van der Waals surface area contributed by atoms with Gasteiger partial charge in [0, 0.05) is 38.2 Å². The van der Waals surface area contributed by atoms with Crippen LogP contribution in [0.25, 0.3) is 0 Å². The van der Waals surface area contributed by atoms with Gasteiger partial charge in [0.2, 0.25) is 5.91 Å². The maximum atomic E-state index is 13.9. The molecule has 2 amide bonds. The van der Waals surface area contributed by atoms with E-state index < -0.39 is 23.5 Å². The molecule has 172 valence electrons. The Kier molecular flexibility index (Phi) is 6.09. The smallest absolute Gasteiger partial charge is 0.338 e. The lowest BCUT2D eigenvalue weighted by Gasteiger charge is -2.34. The molecule has 1 saturated heterocycles.